The monoisotopic (exact) mass is 466 g/mol. The van der Waals surface area contributed by atoms with Crippen LogP contribution in [0.2, 0.25) is 0 Å². The number of nitriles is 1. The smallest absolute Gasteiger partial charge is 0.212 e. The molecule has 0 aliphatic rings. The molecule has 4 heteroatoms. The van der Waals surface area contributed by atoms with Gasteiger partial charge in [0.05, 0.1) is 62.6 Å². The number of rotatable bonds is 2. The first-order valence-corrected chi connectivity index (χ1v) is 11.1. The number of hydrogen-bond acceptors (Lipinski definition) is 1. The number of para-hydroxylation sites is 4. The predicted octanol–water partition coefficient (Wildman–Crippen LogP) is 8.30. The number of benzene rings is 5. The van der Waals surface area contributed by atoms with Gasteiger partial charge in [-0.1, -0.05) is 72.7 Å². The molecule has 0 amide bonds. The van der Waals surface area contributed by atoms with E-state index in [0.717, 1.165) is 0 Å². The molecule has 7 aromatic rings. The van der Waals surface area contributed by atoms with Crippen LogP contribution in [0, 0.1) is 17.9 Å². The van der Waals surface area contributed by atoms with Crippen LogP contribution in [-0.4, -0.2) is 9.13 Å². The van der Waals surface area contributed by atoms with Gasteiger partial charge < -0.3 is 9.13 Å². The molecule has 4 nitrogen and oxygen atoms in total. The standard InChI is InChI=1S/C32H18N4/c1-34-26-18-21(20-33)31(35-27-14-6-2-10-22(27)23-11-3-7-15-28(23)35)19-32(26)36-29-16-8-4-12-24(29)25-13-5-9-17-30(25)36/h2-19H/i2D,4D,6D,8D,10D,12D,14D,16D. The Hall–Kier alpha value is -5.32. The van der Waals surface area contributed by atoms with Crippen molar-refractivity contribution in [3.63, 3.8) is 0 Å². The molecule has 7 rings (SSSR count). The van der Waals surface area contributed by atoms with Gasteiger partial charge in [0.15, 0.2) is 0 Å². The summed E-state index contributed by atoms with van der Waals surface area (Å²) in [6, 6.07) is 16.5. The number of nitrogens with zero attached hydrogens (tertiary/aromatic N) is 4. The topological polar surface area (TPSA) is 38.0 Å². The zero-order valence-electron chi connectivity index (χ0n) is 26.6. The van der Waals surface area contributed by atoms with Crippen LogP contribution in [0.5, 0.6) is 0 Å². The highest BCUT2D eigenvalue weighted by Gasteiger charge is 2.20. The van der Waals surface area contributed by atoms with E-state index in [1.54, 1.807) is 63.7 Å². The third-order valence-electron chi connectivity index (χ3n) is 6.43. The molecule has 0 aliphatic heterocycles. The van der Waals surface area contributed by atoms with Gasteiger partial charge in [0, 0.05) is 21.5 Å². The predicted molar refractivity (Wildman–Crippen MR) is 146 cm³/mol. The first kappa shape index (κ1) is 13.5. The first-order chi connectivity index (χ1) is 21.1. The van der Waals surface area contributed by atoms with Crippen molar-refractivity contribution in [2.24, 2.45) is 0 Å². The minimum Gasteiger partial charge on any atom is -0.319 e. The van der Waals surface area contributed by atoms with Crippen LogP contribution in [0.1, 0.15) is 16.5 Å². The average Bonchev–Trinajstić information content (AvgIpc) is 3.57. The van der Waals surface area contributed by atoms with E-state index < -0.39 is 12.1 Å². The third-order valence-corrected chi connectivity index (χ3v) is 6.43. The molecular weight excluding hydrogens is 440 g/mol. The van der Waals surface area contributed by atoms with Gasteiger partial charge in [0.1, 0.15) is 0 Å². The second kappa shape index (κ2) is 7.60. The molecule has 0 N–H and O–H groups in total. The summed E-state index contributed by atoms with van der Waals surface area (Å²) >= 11 is 0. The zero-order valence-corrected chi connectivity index (χ0v) is 18.6. The molecule has 0 fully saturated rings. The van der Waals surface area contributed by atoms with Crippen LogP contribution in [0.3, 0.4) is 0 Å². The van der Waals surface area contributed by atoms with Crippen molar-refractivity contribution in [2.45, 2.75) is 0 Å². The van der Waals surface area contributed by atoms with Crippen LogP contribution in [0.25, 0.3) is 59.8 Å². The summed E-state index contributed by atoms with van der Waals surface area (Å²) in [5, 5.41) is 12.0. The lowest BCUT2D eigenvalue weighted by atomic mass is 10.1. The second-order valence-corrected chi connectivity index (χ2v) is 8.23. The van der Waals surface area contributed by atoms with Crippen molar-refractivity contribution in [2.75, 3.05) is 0 Å². The zero-order chi connectivity index (χ0) is 31.2. The molecule has 0 saturated carbocycles. The minimum absolute atomic E-state index is 0.0584. The SMILES string of the molecule is [2H]c1c([2H])c([2H])c2c(c1[2H])c1ccccc1n2-c1cc(-n2c3ccccc3c3c([2H])c([2H])c([2H])c([2H])c32)c([N+]#[C-])cc1C#N. The van der Waals surface area contributed by atoms with Crippen molar-refractivity contribution < 1.29 is 11.0 Å². The quantitative estimate of drug-likeness (QED) is 0.236. The highest BCUT2D eigenvalue weighted by atomic mass is 15.0. The lowest BCUT2D eigenvalue weighted by Crippen LogP contribution is -2.02. The first-order valence-electron chi connectivity index (χ1n) is 15.1. The summed E-state index contributed by atoms with van der Waals surface area (Å²) in [6.45, 7) is 8.01. The van der Waals surface area contributed by atoms with E-state index in [4.69, 9.17) is 17.5 Å². The fraction of sp³-hybridized carbons (Fsp3) is 0. The van der Waals surface area contributed by atoms with Gasteiger partial charge in [-0.2, -0.15) is 5.26 Å². The van der Waals surface area contributed by atoms with Gasteiger partial charge in [0.25, 0.3) is 0 Å². The lowest BCUT2D eigenvalue weighted by Gasteiger charge is -2.16. The van der Waals surface area contributed by atoms with Gasteiger partial charge in [-0.15, -0.1) is 0 Å². The van der Waals surface area contributed by atoms with Crippen LogP contribution in [0.15, 0.2) is 109 Å². The van der Waals surface area contributed by atoms with E-state index in [9.17, 15) is 5.26 Å². The summed E-state index contributed by atoms with van der Waals surface area (Å²) in [7, 11) is 0. The summed E-state index contributed by atoms with van der Waals surface area (Å²) in [5.41, 5.74) is 2.02. The number of hydrogen-bond donors (Lipinski definition) is 0. The Morgan fingerprint density at radius 3 is 1.75 bits per heavy atom. The maximum atomic E-state index is 10.3. The van der Waals surface area contributed by atoms with Gasteiger partial charge in [-0.05, 0) is 36.4 Å². The fourth-order valence-electron chi connectivity index (χ4n) is 4.95. The summed E-state index contributed by atoms with van der Waals surface area (Å²) in [6.07, 6.45) is 0. The molecule has 5 aromatic carbocycles. The highest BCUT2D eigenvalue weighted by Crippen LogP contribution is 2.39. The minimum atomic E-state index is -0.429. The molecule has 0 spiro atoms. The maximum absolute atomic E-state index is 10.3. The lowest BCUT2D eigenvalue weighted by molar-refractivity contribution is 1.13. The van der Waals surface area contributed by atoms with Crippen molar-refractivity contribution in [3.05, 3.63) is 126 Å². The Balaban J connectivity index is 1.72. The van der Waals surface area contributed by atoms with Gasteiger partial charge >= 0.3 is 0 Å². The third kappa shape index (κ3) is 2.67. The van der Waals surface area contributed by atoms with Crippen molar-refractivity contribution in [3.8, 4) is 17.4 Å². The molecule has 0 aliphatic carbocycles. The Labute approximate surface area is 218 Å². The van der Waals surface area contributed by atoms with Gasteiger partial charge in [-0.25, -0.2) is 4.85 Å². The van der Waals surface area contributed by atoms with Gasteiger partial charge in [0.2, 0.25) is 5.69 Å². The molecule has 0 saturated heterocycles. The molecule has 0 atom stereocenters. The highest BCUT2D eigenvalue weighted by molar-refractivity contribution is 6.11. The summed E-state index contributed by atoms with van der Waals surface area (Å²) < 4.78 is 71.6. The van der Waals surface area contributed by atoms with Crippen molar-refractivity contribution in [1.82, 2.24) is 9.13 Å². The van der Waals surface area contributed by atoms with Crippen molar-refractivity contribution >= 4 is 49.3 Å². The Morgan fingerprint density at radius 2 is 1.19 bits per heavy atom. The second-order valence-electron chi connectivity index (χ2n) is 8.23. The van der Waals surface area contributed by atoms with Crippen LogP contribution in [0.4, 0.5) is 5.69 Å². The molecule has 0 unspecified atom stereocenters. The molecule has 2 heterocycles. The molecule has 166 valence electrons. The van der Waals surface area contributed by atoms with Crippen LogP contribution < -0.4 is 0 Å². The molecule has 2 aromatic heterocycles. The van der Waals surface area contributed by atoms with E-state index in [0.29, 0.717) is 27.2 Å². The maximum Gasteiger partial charge on any atom is 0.212 e. The van der Waals surface area contributed by atoms with Crippen molar-refractivity contribution in [1.29, 1.82) is 5.26 Å². The molecule has 36 heavy (non-hydrogen) atoms. The largest absolute Gasteiger partial charge is 0.319 e. The molecule has 0 radical (unpaired) electrons. The number of fused-ring (bicyclic) bond motifs is 6. The fourth-order valence-corrected chi connectivity index (χ4v) is 4.95. The number of aromatic nitrogens is 2. The van der Waals surface area contributed by atoms with Crippen LogP contribution >= 0.6 is 0 Å². The van der Waals surface area contributed by atoms with E-state index in [1.807, 2.05) is 0 Å². The van der Waals surface area contributed by atoms with E-state index in [1.165, 1.54) is 6.07 Å². The van der Waals surface area contributed by atoms with Crippen LogP contribution in [-0.2, 0) is 0 Å². The average molecular weight is 467 g/mol. The van der Waals surface area contributed by atoms with E-state index in [2.05, 4.69) is 10.9 Å². The van der Waals surface area contributed by atoms with E-state index >= 15 is 0 Å². The molecule has 0 bridgehead atoms. The Kier molecular flexibility index (Phi) is 2.86. The molecular formula is C32H18N4. The normalized spacial score (nSPS) is 14.4. The van der Waals surface area contributed by atoms with E-state index in [-0.39, 0.29) is 75.3 Å². The summed E-state index contributed by atoms with van der Waals surface area (Å²) in [4.78, 5) is 3.70. The van der Waals surface area contributed by atoms with Gasteiger partial charge in [-0.3, -0.25) is 0 Å². The summed E-state index contributed by atoms with van der Waals surface area (Å²) in [5.74, 6) is 0. The Bertz CT molecular complexity index is 2340. The Morgan fingerprint density at radius 1 is 0.667 bits per heavy atom.